The van der Waals surface area contributed by atoms with E-state index in [1.807, 2.05) is 0 Å². The summed E-state index contributed by atoms with van der Waals surface area (Å²) in [4.78, 5) is 0. The van der Waals surface area contributed by atoms with Gasteiger partial charge in [0.05, 0.1) is 17.1 Å². The SMILES string of the molecule is CC1(c2ccccc2)c2ccccc2-c2cc3c(cc21)oc1cc2c(cc13)c1ccccc1n2C1=CC(c2ccccc2)=CC(c2ccccc2)N1. The van der Waals surface area contributed by atoms with Gasteiger partial charge in [0.2, 0.25) is 0 Å². The number of fused-ring (bicyclic) bond motifs is 9. The molecule has 3 nitrogen and oxygen atoms in total. The molecule has 0 saturated heterocycles. The Kier molecular flexibility index (Phi) is 6.15. The van der Waals surface area contributed by atoms with Crippen molar-refractivity contribution in [2.24, 2.45) is 0 Å². The molecule has 3 heteroatoms. The molecule has 1 N–H and O–H groups in total. The summed E-state index contributed by atoms with van der Waals surface area (Å²) >= 11 is 0. The first-order chi connectivity index (χ1) is 25.6. The molecule has 9 aromatic rings. The van der Waals surface area contributed by atoms with E-state index in [-0.39, 0.29) is 11.5 Å². The van der Waals surface area contributed by atoms with Crippen LogP contribution in [0.3, 0.4) is 0 Å². The molecule has 52 heavy (non-hydrogen) atoms. The average Bonchev–Trinajstić information content (AvgIpc) is 3.82. The van der Waals surface area contributed by atoms with Crippen molar-refractivity contribution >= 4 is 55.1 Å². The monoisotopic (exact) mass is 666 g/mol. The largest absolute Gasteiger partial charge is 0.456 e. The Labute approximate surface area is 301 Å². The van der Waals surface area contributed by atoms with Crippen molar-refractivity contribution in [3.05, 3.63) is 204 Å². The number of hydrogen-bond donors (Lipinski definition) is 1. The molecule has 1 aliphatic carbocycles. The highest BCUT2D eigenvalue weighted by atomic mass is 16.3. The van der Waals surface area contributed by atoms with Gasteiger partial charge in [-0.2, -0.15) is 0 Å². The Morgan fingerprint density at radius 1 is 0.558 bits per heavy atom. The number of dihydropyridines is 1. The maximum atomic E-state index is 6.87. The number of benzene rings is 7. The lowest BCUT2D eigenvalue weighted by Gasteiger charge is -2.28. The minimum Gasteiger partial charge on any atom is -0.456 e. The van der Waals surface area contributed by atoms with Gasteiger partial charge < -0.3 is 9.73 Å². The average molecular weight is 667 g/mol. The molecule has 1 aliphatic heterocycles. The molecule has 7 aromatic carbocycles. The Morgan fingerprint density at radius 2 is 1.23 bits per heavy atom. The number of furan rings is 1. The summed E-state index contributed by atoms with van der Waals surface area (Å²) in [6.07, 6.45) is 4.62. The molecular weight excluding hydrogens is 633 g/mol. The lowest BCUT2D eigenvalue weighted by molar-refractivity contribution is 0.663. The van der Waals surface area contributed by atoms with Gasteiger partial charge in [0.15, 0.2) is 0 Å². The number of nitrogens with zero attached hydrogens (tertiary/aromatic N) is 1. The summed E-state index contributed by atoms with van der Waals surface area (Å²) in [6, 6.07) is 59.2. The molecular formula is C49H34N2O. The molecule has 0 amide bonds. The van der Waals surface area contributed by atoms with Crippen molar-refractivity contribution in [2.45, 2.75) is 18.4 Å². The van der Waals surface area contributed by atoms with Gasteiger partial charge >= 0.3 is 0 Å². The second-order valence-corrected chi connectivity index (χ2v) is 14.3. The molecule has 0 radical (unpaired) electrons. The summed E-state index contributed by atoms with van der Waals surface area (Å²) in [5.74, 6) is 1.03. The van der Waals surface area contributed by atoms with Crippen molar-refractivity contribution < 1.29 is 4.42 Å². The van der Waals surface area contributed by atoms with Gasteiger partial charge in [-0.05, 0) is 87.9 Å². The standard InChI is InChI=1S/C49H34N2O/c1-49(34-19-9-4-10-20-34)41-23-13-11-21-35(41)37-27-39-40-28-38-36-22-12-14-24-44(36)51(45(38)30-47(40)52-46(39)29-42(37)49)48-26-33(31-15-5-2-6-16-31)25-43(50-48)32-17-7-3-8-18-32/h2-30,43,50H,1H3. The lowest BCUT2D eigenvalue weighted by atomic mass is 9.74. The van der Waals surface area contributed by atoms with Gasteiger partial charge in [-0.15, -0.1) is 0 Å². The maximum absolute atomic E-state index is 6.87. The quantitative estimate of drug-likeness (QED) is 0.203. The highest BCUT2D eigenvalue weighted by molar-refractivity contribution is 6.18. The van der Waals surface area contributed by atoms with Crippen molar-refractivity contribution in [3.8, 4) is 11.1 Å². The second-order valence-electron chi connectivity index (χ2n) is 14.3. The number of aromatic nitrogens is 1. The third kappa shape index (κ3) is 4.14. The summed E-state index contributed by atoms with van der Waals surface area (Å²) in [5, 5.41) is 8.61. The molecule has 2 unspecified atom stereocenters. The van der Waals surface area contributed by atoms with E-state index in [1.165, 1.54) is 55.3 Å². The van der Waals surface area contributed by atoms with E-state index in [0.717, 1.165) is 38.8 Å². The Balaban J connectivity index is 1.14. The highest BCUT2D eigenvalue weighted by Gasteiger charge is 2.41. The highest BCUT2D eigenvalue weighted by Crippen LogP contribution is 2.54. The van der Waals surface area contributed by atoms with Crippen LogP contribution in [0.15, 0.2) is 180 Å². The lowest BCUT2D eigenvalue weighted by Crippen LogP contribution is -2.24. The predicted octanol–water partition coefficient (Wildman–Crippen LogP) is 12.3. The summed E-state index contributed by atoms with van der Waals surface area (Å²) in [6.45, 7) is 2.36. The number of allylic oxidation sites excluding steroid dienone is 2. The number of hydrogen-bond acceptors (Lipinski definition) is 2. The molecule has 11 rings (SSSR count). The van der Waals surface area contributed by atoms with E-state index in [0.29, 0.717) is 0 Å². The van der Waals surface area contributed by atoms with Gasteiger partial charge in [-0.3, -0.25) is 4.57 Å². The van der Waals surface area contributed by atoms with Gasteiger partial charge in [-0.1, -0.05) is 133 Å². The third-order valence-electron chi connectivity index (χ3n) is 11.5. The van der Waals surface area contributed by atoms with Crippen LogP contribution in [0.4, 0.5) is 0 Å². The van der Waals surface area contributed by atoms with Crippen LogP contribution in [-0.2, 0) is 5.41 Å². The van der Waals surface area contributed by atoms with Crippen molar-refractivity contribution in [1.29, 1.82) is 0 Å². The first-order valence-electron chi connectivity index (χ1n) is 18.1. The molecule has 2 aliphatic rings. The first-order valence-corrected chi connectivity index (χ1v) is 18.1. The van der Waals surface area contributed by atoms with Crippen molar-refractivity contribution in [3.63, 3.8) is 0 Å². The van der Waals surface area contributed by atoms with Crippen LogP contribution in [0, 0.1) is 0 Å². The van der Waals surface area contributed by atoms with E-state index < -0.39 is 0 Å². The van der Waals surface area contributed by atoms with E-state index in [9.17, 15) is 0 Å². The molecule has 2 aromatic heterocycles. The molecule has 246 valence electrons. The van der Waals surface area contributed by atoms with Crippen LogP contribution in [0.1, 0.15) is 40.8 Å². The zero-order valence-electron chi connectivity index (χ0n) is 28.7. The molecule has 0 bridgehead atoms. The van der Waals surface area contributed by atoms with Gasteiger partial charge in [0.1, 0.15) is 17.0 Å². The molecule has 0 spiro atoms. The first kappa shape index (κ1) is 29.2. The molecule has 3 heterocycles. The van der Waals surface area contributed by atoms with Crippen LogP contribution >= 0.6 is 0 Å². The third-order valence-corrected chi connectivity index (χ3v) is 11.5. The fourth-order valence-corrected chi connectivity index (χ4v) is 8.96. The summed E-state index contributed by atoms with van der Waals surface area (Å²) < 4.78 is 9.25. The summed E-state index contributed by atoms with van der Waals surface area (Å²) in [7, 11) is 0. The van der Waals surface area contributed by atoms with Crippen LogP contribution in [0.25, 0.3) is 66.3 Å². The van der Waals surface area contributed by atoms with Crippen LogP contribution in [-0.4, -0.2) is 4.57 Å². The second kappa shape index (κ2) is 11.0. The predicted molar refractivity (Wildman–Crippen MR) is 215 cm³/mol. The van der Waals surface area contributed by atoms with Crippen LogP contribution < -0.4 is 5.32 Å². The zero-order valence-corrected chi connectivity index (χ0v) is 28.7. The topological polar surface area (TPSA) is 30.1 Å². The van der Waals surface area contributed by atoms with Gasteiger partial charge in [0.25, 0.3) is 0 Å². The maximum Gasteiger partial charge on any atom is 0.137 e. The van der Waals surface area contributed by atoms with Gasteiger partial charge in [-0.25, -0.2) is 0 Å². The zero-order chi connectivity index (χ0) is 34.4. The van der Waals surface area contributed by atoms with Crippen LogP contribution in [0.5, 0.6) is 0 Å². The fraction of sp³-hybridized carbons (Fsp3) is 0.0612. The van der Waals surface area contributed by atoms with Crippen molar-refractivity contribution in [2.75, 3.05) is 0 Å². The minimum absolute atomic E-state index is 0.00624. The van der Waals surface area contributed by atoms with Gasteiger partial charge in [0, 0.05) is 33.0 Å². The van der Waals surface area contributed by atoms with E-state index in [1.54, 1.807) is 0 Å². The Bertz CT molecular complexity index is 2930. The Hall–Kier alpha value is -6.58. The Morgan fingerprint density at radius 3 is 2.06 bits per heavy atom. The molecule has 2 atom stereocenters. The van der Waals surface area contributed by atoms with E-state index >= 15 is 0 Å². The van der Waals surface area contributed by atoms with E-state index in [4.69, 9.17) is 4.42 Å². The number of nitrogens with one attached hydrogen (secondary N) is 1. The normalized spacial score (nSPS) is 18.0. The summed E-state index contributed by atoms with van der Waals surface area (Å²) in [5.41, 5.74) is 13.9. The number of para-hydroxylation sites is 1. The molecule has 0 fully saturated rings. The van der Waals surface area contributed by atoms with E-state index in [2.05, 4.69) is 193 Å². The fourth-order valence-electron chi connectivity index (χ4n) is 8.96. The van der Waals surface area contributed by atoms with Crippen LogP contribution in [0.2, 0.25) is 0 Å². The number of rotatable bonds is 4. The smallest absolute Gasteiger partial charge is 0.137 e. The van der Waals surface area contributed by atoms with Crippen molar-refractivity contribution in [1.82, 2.24) is 9.88 Å². The molecule has 0 saturated carbocycles. The minimum atomic E-state index is -0.282.